The number of aromatic nitrogens is 3. The van der Waals surface area contributed by atoms with E-state index in [0.717, 1.165) is 17.7 Å². The lowest BCUT2D eigenvalue weighted by Gasteiger charge is -2.15. The molecule has 0 spiro atoms. The van der Waals surface area contributed by atoms with E-state index >= 15 is 0 Å². The average molecular weight is 312 g/mol. The lowest BCUT2D eigenvalue weighted by atomic mass is 10.3. The van der Waals surface area contributed by atoms with Crippen molar-refractivity contribution in [3.63, 3.8) is 0 Å². The zero-order chi connectivity index (χ0) is 14.2. The van der Waals surface area contributed by atoms with Crippen molar-refractivity contribution < 1.29 is 8.42 Å². The minimum absolute atomic E-state index is 0.0328. The predicted molar refractivity (Wildman–Crippen MR) is 76.1 cm³/mol. The Labute approximate surface area is 122 Å². The summed E-state index contributed by atoms with van der Waals surface area (Å²) in [7, 11) is -3.37. The van der Waals surface area contributed by atoms with Gasteiger partial charge in [0.1, 0.15) is 4.21 Å². The van der Waals surface area contributed by atoms with E-state index in [1.165, 1.54) is 15.6 Å². The van der Waals surface area contributed by atoms with Crippen LogP contribution in [0.1, 0.15) is 24.3 Å². The molecule has 1 aliphatic heterocycles. The molecule has 0 amide bonds. The molecule has 8 heteroatoms. The van der Waals surface area contributed by atoms with Gasteiger partial charge in [-0.05, 0) is 25.0 Å². The number of hydrogen-bond acceptors (Lipinski definition) is 5. The number of aryl methyl sites for hydroxylation is 1. The molecule has 0 bridgehead atoms. The van der Waals surface area contributed by atoms with Crippen LogP contribution in [-0.4, -0.2) is 40.8 Å². The van der Waals surface area contributed by atoms with Gasteiger partial charge in [0.2, 0.25) is 0 Å². The Hall–Kier alpha value is -1.25. The quantitative estimate of drug-likeness (QED) is 0.859. The molecule has 1 atom stereocenters. The van der Waals surface area contributed by atoms with Crippen molar-refractivity contribution in [2.75, 3.05) is 13.1 Å². The fraction of sp³-hybridized carbons (Fsp3) is 0.500. The maximum atomic E-state index is 12.6. The second kappa shape index (κ2) is 5.27. The molecule has 0 aliphatic carbocycles. The summed E-state index contributed by atoms with van der Waals surface area (Å²) >= 11 is 1.36. The van der Waals surface area contributed by atoms with Crippen molar-refractivity contribution in [2.45, 2.75) is 30.0 Å². The van der Waals surface area contributed by atoms with Crippen LogP contribution >= 0.6 is 11.3 Å². The van der Waals surface area contributed by atoms with Crippen molar-refractivity contribution in [3.05, 3.63) is 29.4 Å². The molecule has 2 aromatic rings. The Balaban J connectivity index is 1.79. The number of sulfonamides is 1. The van der Waals surface area contributed by atoms with E-state index < -0.39 is 10.0 Å². The van der Waals surface area contributed by atoms with E-state index in [1.54, 1.807) is 23.3 Å². The SMILES string of the molecule is CCc1ccc(S(=O)(=O)N2CCC(n3nccn3)C2)s1. The molecule has 6 nitrogen and oxygen atoms in total. The molecule has 0 aromatic carbocycles. The molecule has 0 N–H and O–H groups in total. The summed E-state index contributed by atoms with van der Waals surface area (Å²) in [4.78, 5) is 2.69. The molecule has 0 radical (unpaired) electrons. The second-order valence-corrected chi connectivity index (χ2v) is 8.06. The molecule has 20 heavy (non-hydrogen) atoms. The van der Waals surface area contributed by atoms with Crippen LogP contribution in [0.3, 0.4) is 0 Å². The van der Waals surface area contributed by atoms with Gasteiger partial charge >= 0.3 is 0 Å². The fourth-order valence-electron chi connectivity index (χ4n) is 2.35. The maximum absolute atomic E-state index is 12.6. The maximum Gasteiger partial charge on any atom is 0.252 e. The van der Waals surface area contributed by atoms with Gasteiger partial charge in [0.25, 0.3) is 10.0 Å². The first-order valence-corrected chi connectivity index (χ1v) is 8.81. The Morgan fingerprint density at radius 2 is 2.10 bits per heavy atom. The van der Waals surface area contributed by atoms with Gasteiger partial charge in [-0.15, -0.1) is 11.3 Å². The van der Waals surface area contributed by atoms with Crippen molar-refractivity contribution >= 4 is 21.4 Å². The van der Waals surface area contributed by atoms with Crippen LogP contribution in [0.15, 0.2) is 28.7 Å². The van der Waals surface area contributed by atoms with Gasteiger partial charge in [-0.25, -0.2) is 8.42 Å². The standard InChI is InChI=1S/C12H16N4O2S2/c1-2-11-3-4-12(19-11)20(17,18)15-8-5-10(9-15)16-13-6-7-14-16/h3-4,6-7,10H,2,5,8-9H2,1H3. The van der Waals surface area contributed by atoms with Gasteiger partial charge in [0, 0.05) is 18.0 Å². The van der Waals surface area contributed by atoms with Gasteiger partial charge < -0.3 is 0 Å². The van der Waals surface area contributed by atoms with Crippen molar-refractivity contribution in [2.24, 2.45) is 0 Å². The van der Waals surface area contributed by atoms with Gasteiger partial charge in [-0.3, -0.25) is 0 Å². The van der Waals surface area contributed by atoms with Gasteiger partial charge in [0.05, 0.1) is 18.4 Å². The molecular formula is C12H16N4O2S2. The summed E-state index contributed by atoms with van der Waals surface area (Å²) in [5, 5.41) is 8.18. The third-order valence-corrected chi connectivity index (χ3v) is 7.03. The molecule has 1 aliphatic rings. The lowest BCUT2D eigenvalue weighted by Crippen LogP contribution is -2.29. The molecule has 3 rings (SSSR count). The third-order valence-electron chi connectivity index (χ3n) is 3.47. The zero-order valence-electron chi connectivity index (χ0n) is 11.1. The molecule has 1 fully saturated rings. The largest absolute Gasteiger partial charge is 0.252 e. The molecular weight excluding hydrogens is 296 g/mol. The fourth-order valence-corrected chi connectivity index (χ4v) is 5.29. The van der Waals surface area contributed by atoms with Crippen LogP contribution in [0.5, 0.6) is 0 Å². The minimum Gasteiger partial charge on any atom is -0.206 e. The van der Waals surface area contributed by atoms with Gasteiger partial charge in [-0.2, -0.15) is 19.3 Å². The Bertz CT molecular complexity index is 678. The number of thiophene rings is 1. The highest BCUT2D eigenvalue weighted by Gasteiger charge is 2.34. The van der Waals surface area contributed by atoms with Crippen LogP contribution in [0.4, 0.5) is 0 Å². The van der Waals surface area contributed by atoms with Crippen molar-refractivity contribution in [3.8, 4) is 0 Å². The average Bonchev–Trinajstić information content (AvgIpc) is 3.18. The van der Waals surface area contributed by atoms with Gasteiger partial charge in [-0.1, -0.05) is 6.92 Å². The van der Waals surface area contributed by atoms with Crippen LogP contribution in [-0.2, 0) is 16.4 Å². The van der Waals surface area contributed by atoms with Crippen molar-refractivity contribution in [1.82, 2.24) is 19.3 Å². The first-order valence-electron chi connectivity index (χ1n) is 6.56. The zero-order valence-corrected chi connectivity index (χ0v) is 12.8. The predicted octanol–water partition coefficient (Wildman–Crippen LogP) is 1.54. The monoisotopic (exact) mass is 312 g/mol. The Kier molecular flexibility index (Phi) is 3.61. The van der Waals surface area contributed by atoms with E-state index in [9.17, 15) is 8.42 Å². The molecule has 108 valence electrons. The first-order chi connectivity index (χ1) is 9.61. The topological polar surface area (TPSA) is 68.1 Å². The summed E-state index contributed by atoms with van der Waals surface area (Å²) in [5.41, 5.74) is 0. The van der Waals surface area contributed by atoms with E-state index in [-0.39, 0.29) is 6.04 Å². The minimum atomic E-state index is -3.37. The smallest absolute Gasteiger partial charge is 0.206 e. The molecule has 0 saturated carbocycles. The second-order valence-electron chi connectivity index (χ2n) is 4.73. The Morgan fingerprint density at radius 1 is 1.35 bits per heavy atom. The summed E-state index contributed by atoms with van der Waals surface area (Å²) < 4.78 is 27.1. The van der Waals surface area contributed by atoms with Crippen molar-refractivity contribution in [1.29, 1.82) is 0 Å². The summed E-state index contributed by atoms with van der Waals surface area (Å²) in [6.45, 7) is 2.99. The molecule has 3 heterocycles. The molecule has 1 unspecified atom stereocenters. The van der Waals surface area contributed by atoms with E-state index in [1.807, 2.05) is 13.0 Å². The molecule has 2 aromatic heterocycles. The summed E-state index contributed by atoms with van der Waals surface area (Å²) in [5.74, 6) is 0. The molecule has 1 saturated heterocycles. The van der Waals surface area contributed by atoms with Crippen LogP contribution in [0.25, 0.3) is 0 Å². The normalized spacial score (nSPS) is 20.6. The lowest BCUT2D eigenvalue weighted by molar-refractivity contribution is 0.403. The highest BCUT2D eigenvalue weighted by Crippen LogP contribution is 2.30. The van der Waals surface area contributed by atoms with E-state index in [4.69, 9.17) is 0 Å². The highest BCUT2D eigenvalue weighted by molar-refractivity contribution is 7.91. The van der Waals surface area contributed by atoms with Crippen LogP contribution in [0.2, 0.25) is 0 Å². The Morgan fingerprint density at radius 3 is 2.75 bits per heavy atom. The van der Waals surface area contributed by atoms with E-state index in [2.05, 4.69) is 10.2 Å². The van der Waals surface area contributed by atoms with Crippen LogP contribution < -0.4 is 0 Å². The van der Waals surface area contributed by atoms with E-state index in [0.29, 0.717) is 17.3 Å². The first kappa shape index (κ1) is 13.7. The third kappa shape index (κ3) is 2.38. The highest BCUT2D eigenvalue weighted by atomic mass is 32.2. The van der Waals surface area contributed by atoms with Gasteiger partial charge in [0.15, 0.2) is 0 Å². The number of hydrogen-bond donors (Lipinski definition) is 0. The number of nitrogens with zero attached hydrogens (tertiary/aromatic N) is 4. The number of rotatable bonds is 4. The van der Waals surface area contributed by atoms with Crippen LogP contribution in [0, 0.1) is 0 Å². The summed E-state index contributed by atoms with van der Waals surface area (Å²) in [6, 6.07) is 3.63. The summed E-state index contributed by atoms with van der Waals surface area (Å²) in [6.07, 6.45) is 4.84.